The molecular weight excluding hydrogens is 501 g/mol. The molecule has 2 aromatic heterocycles. The Labute approximate surface area is 208 Å². The molecule has 8 nitrogen and oxygen atoms in total. The molecular formula is C24H20ClF3N4O4. The van der Waals surface area contributed by atoms with Crippen molar-refractivity contribution >= 4 is 17.5 Å². The van der Waals surface area contributed by atoms with Gasteiger partial charge in [-0.15, -0.1) is 13.2 Å². The zero-order valence-electron chi connectivity index (χ0n) is 18.6. The van der Waals surface area contributed by atoms with Gasteiger partial charge in [0.05, 0.1) is 29.7 Å². The molecule has 7 rings (SSSR count). The van der Waals surface area contributed by atoms with E-state index in [1.165, 1.54) is 12.1 Å². The molecule has 1 aliphatic heterocycles. The van der Waals surface area contributed by atoms with Crippen molar-refractivity contribution in [3.05, 3.63) is 59.5 Å². The number of amides is 1. The number of aliphatic hydroxyl groups is 1. The molecule has 1 aromatic carbocycles. The van der Waals surface area contributed by atoms with Crippen LogP contribution in [0, 0.1) is 0 Å². The summed E-state index contributed by atoms with van der Waals surface area (Å²) in [6.45, 7) is 0. The van der Waals surface area contributed by atoms with Gasteiger partial charge in [-0.3, -0.25) is 14.5 Å². The first-order chi connectivity index (χ1) is 17.0. The summed E-state index contributed by atoms with van der Waals surface area (Å²) in [7, 11) is 0. The fraction of sp³-hybridized carbons (Fsp3) is 0.375. The van der Waals surface area contributed by atoms with E-state index in [-0.39, 0.29) is 23.4 Å². The Morgan fingerprint density at radius 1 is 1.22 bits per heavy atom. The number of rotatable bonds is 5. The Balaban J connectivity index is 1.07. The molecule has 4 aliphatic rings. The Hall–Kier alpha value is -3.31. The van der Waals surface area contributed by atoms with Crippen molar-refractivity contribution in [3.8, 4) is 22.8 Å². The maximum atomic E-state index is 12.9. The molecule has 12 heteroatoms. The van der Waals surface area contributed by atoms with Crippen molar-refractivity contribution in [1.29, 1.82) is 0 Å². The SMILES string of the molecule is O=C(NC12CC(n3cc(-c4ccc(OC(F)(F)F)cn4)cn3)(C1)C2)[C@@H]1C[C@@H](O)c2cc(Cl)ccc2O1. The maximum absolute atomic E-state index is 12.9. The molecule has 0 spiro atoms. The number of nitrogens with one attached hydrogen (secondary N) is 1. The van der Waals surface area contributed by atoms with Gasteiger partial charge in [-0.05, 0) is 49.6 Å². The van der Waals surface area contributed by atoms with Crippen LogP contribution in [0.15, 0.2) is 48.9 Å². The number of benzene rings is 1. The van der Waals surface area contributed by atoms with Crippen LogP contribution < -0.4 is 14.8 Å². The van der Waals surface area contributed by atoms with Crippen LogP contribution in [-0.2, 0) is 10.3 Å². The van der Waals surface area contributed by atoms with E-state index in [4.69, 9.17) is 16.3 Å². The van der Waals surface area contributed by atoms with Gasteiger partial charge in [0.15, 0.2) is 6.10 Å². The second kappa shape index (κ2) is 7.84. The first kappa shape index (κ1) is 23.1. The van der Waals surface area contributed by atoms with Crippen molar-refractivity contribution in [2.75, 3.05) is 0 Å². The molecule has 2 bridgehead atoms. The monoisotopic (exact) mass is 520 g/mol. The maximum Gasteiger partial charge on any atom is 0.573 e. The molecule has 3 aromatic rings. The Kier molecular flexibility index (Phi) is 5.03. The smallest absolute Gasteiger partial charge is 0.480 e. The second-order valence-electron chi connectivity index (χ2n) is 9.66. The number of nitrogens with zero attached hydrogens (tertiary/aromatic N) is 3. The number of pyridine rings is 1. The molecule has 3 fully saturated rings. The van der Waals surface area contributed by atoms with E-state index in [2.05, 4.69) is 20.1 Å². The number of carbonyl (C=O) groups is 1. The summed E-state index contributed by atoms with van der Waals surface area (Å²) in [5.41, 5.74) is 1.15. The summed E-state index contributed by atoms with van der Waals surface area (Å²) in [6.07, 6.45) is 0.245. The summed E-state index contributed by atoms with van der Waals surface area (Å²) in [6, 6.07) is 7.58. The van der Waals surface area contributed by atoms with Crippen LogP contribution in [-0.4, -0.2) is 43.8 Å². The van der Waals surface area contributed by atoms with Crippen molar-refractivity contribution in [1.82, 2.24) is 20.1 Å². The topological polar surface area (TPSA) is 98.5 Å². The minimum Gasteiger partial charge on any atom is -0.480 e. The third-order valence-electron chi connectivity index (χ3n) is 7.05. The van der Waals surface area contributed by atoms with Crippen LogP contribution in [0.1, 0.15) is 37.4 Å². The average Bonchev–Trinajstić information content (AvgIpc) is 3.24. The highest BCUT2D eigenvalue weighted by atomic mass is 35.5. The molecule has 3 saturated carbocycles. The molecule has 0 saturated heterocycles. The van der Waals surface area contributed by atoms with E-state index >= 15 is 0 Å². The third-order valence-corrected chi connectivity index (χ3v) is 7.29. The minimum absolute atomic E-state index is 0.142. The van der Waals surface area contributed by atoms with Gasteiger partial charge in [0, 0.05) is 34.3 Å². The lowest BCUT2D eigenvalue weighted by molar-refractivity contribution is -0.274. The molecule has 1 amide bonds. The molecule has 2 atom stereocenters. The fourth-order valence-corrected chi connectivity index (χ4v) is 5.67. The first-order valence-corrected chi connectivity index (χ1v) is 11.6. The molecule has 188 valence electrons. The van der Waals surface area contributed by atoms with E-state index in [1.807, 2.05) is 4.68 Å². The Morgan fingerprint density at radius 3 is 2.69 bits per heavy atom. The lowest BCUT2D eigenvalue weighted by atomic mass is 9.44. The number of ether oxygens (including phenoxy) is 2. The Bertz CT molecular complexity index is 1320. The largest absolute Gasteiger partial charge is 0.573 e. The van der Waals surface area contributed by atoms with E-state index in [0.29, 0.717) is 46.9 Å². The fourth-order valence-electron chi connectivity index (χ4n) is 5.49. The number of alkyl halides is 3. The standard InChI is InChI=1S/C24H20ClF3N4O4/c25-14-1-4-19-16(5-14)18(33)6-20(35-19)21(34)31-22-10-23(11-22,12-22)32-9-13(7-30-32)17-3-2-15(8-29-17)36-24(26,27)28/h1-5,7-9,18,20,33H,6,10-12H2,(H,31,34)/t18-,20+,22?,23?/m1/s1. The number of carbonyl (C=O) groups excluding carboxylic acids is 1. The summed E-state index contributed by atoms with van der Waals surface area (Å²) < 4.78 is 48.5. The average molecular weight is 521 g/mol. The summed E-state index contributed by atoms with van der Waals surface area (Å²) in [5.74, 6) is -0.213. The van der Waals surface area contributed by atoms with E-state index in [9.17, 15) is 23.1 Å². The summed E-state index contributed by atoms with van der Waals surface area (Å²) >= 11 is 5.99. The first-order valence-electron chi connectivity index (χ1n) is 11.3. The van der Waals surface area contributed by atoms with E-state index < -0.39 is 24.3 Å². The van der Waals surface area contributed by atoms with Crippen LogP contribution in [0.4, 0.5) is 13.2 Å². The van der Waals surface area contributed by atoms with Crippen LogP contribution >= 0.6 is 11.6 Å². The zero-order valence-corrected chi connectivity index (χ0v) is 19.4. The van der Waals surface area contributed by atoms with Crippen LogP contribution in [0.25, 0.3) is 11.3 Å². The zero-order chi connectivity index (χ0) is 25.3. The molecule has 2 N–H and O–H groups in total. The number of aliphatic hydroxyl groups excluding tert-OH is 1. The summed E-state index contributed by atoms with van der Waals surface area (Å²) in [4.78, 5) is 17.0. The number of halogens is 4. The van der Waals surface area contributed by atoms with Gasteiger partial charge in [0.1, 0.15) is 11.5 Å². The molecule has 3 aliphatic carbocycles. The van der Waals surface area contributed by atoms with Crippen LogP contribution in [0.3, 0.4) is 0 Å². The molecule has 0 radical (unpaired) electrons. The predicted octanol–water partition coefficient (Wildman–Crippen LogP) is 4.13. The summed E-state index contributed by atoms with van der Waals surface area (Å²) in [5, 5.41) is 18.5. The highest BCUT2D eigenvalue weighted by Gasteiger charge is 2.70. The third kappa shape index (κ3) is 3.96. The van der Waals surface area contributed by atoms with Gasteiger partial charge in [-0.25, -0.2) is 0 Å². The normalized spacial score (nSPS) is 28.2. The van der Waals surface area contributed by atoms with Crippen LogP contribution in [0.2, 0.25) is 5.02 Å². The van der Waals surface area contributed by atoms with E-state index in [0.717, 1.165) is 6.20 Å². The van der Waals surface area contributed by atoms with Gasteiger partial charge < -0.3 is 19.9 Å². The number of hydrogen-bond donors (Lipinski definition) is 2. The lowest BCUT2D eigenvalue weighted by Gasteiger charge is -2.70. The number of fused-ring (bicyclic) bond motifs is 1. The van der Waals surface area contributed by atoms with E-state index in [1.54, 1.807) is 30.6 Å². The van der Waals surface area contributed by atoms with Gasteiger partial charge in [0.25, 0.3) is 5.91 Å². The van der Waals surface area contributed by atoms with Crippen LogP contribution in [0.5, 0.6) is 11.5 Å². The van der Waals surface area contributed by atoms with Gasteiger partial charge in [-0.1, -0.05) is 11.6 Å². The van der Waals surface area contributed by atoms with Crippen molar-refractivity contribution in [2.45, 2.75) is 55.3 Å². The van der Waals surface area contributed by atoms with Gasteiger partial charge in [0.2, 0.25) is 0 Å². The Morgan fingerprint density at radius 2 is 2.00 bits per heavy atom. The second-order valence-corrected chi connectivity index (χ2v) is 10.1. The lowest BCUT2D eigenvalue weighted by Crippen LogP contribution is -2.79. The number of hydrogen-bond acceptors (Lipinski definition) is 6. The highest BCUT2D eigenvalue weighted by Crippen LogP contribution is 2.65. The highest BCUT2D eigenvalue weighted by molar-refractivity contribution is 6.30. The van der Waals surface area contributed by atoms with Gasteiger partial charge in [-0.2, -0.15) is 5.10 Å². The quantitative estimate of drug-likeness (QED) is 0.525. The molecule has 0 unspecified atom stereocenters. The number of aromatic nitrogens is 3. The minimum atomic E-state index is -4.77. The van der Waals surface area contributed by atoms with Crippen molar-refractivity contribution in [3.63, 3.8) is 0 Å². The van der Waals surface area contributed by atoms with Crippen molar-refractivity contribution < 1.29 is 32.5 Å². The van der Waals surface area contributed by atoms with Crippen molar-refractivity contribution in [2.24, 2.45) is 0 Å². The van der Waals surface area contributed by atoms with Gasteiger partial charge >= 0.3 is 6.36 Å². The predicted molar refractivity (Wildman–Crippen MR) is 120 cm³/mol. The molecule has 36 heavy (non-hydrogen) atoms. The molecule has 3 heterocycles.